The highest BCUT2D eigenvalue weighted by Crippen LogP contribution is 2.25. The number of benzene rings is 1. The van der Waals surface area contributed by atoms with Crippen LogP contribution in [0.1, 0.15) is 18.4 Å². The van der Waals surface area contributed by atoms with Crippen LogP contribution in [0.25, 0.3) is 0 Å². The van der Waals surface area contributed by atoms with Crippen LogP contribution in [0.15, 0.2) is 27.7 Å². The molecule has 3 N–H and O–H groups in total. The number of hydrazine groups is 1. The molecule has 0 spiro atoms. The van der Waals surface area contributed by atoms with Gasteiger partial charge in [0.15, 0.2) is 0 Å². The summed E-state index contributed by atoms with van der Waals surface area (Å²) in [7, 11) is 0. The fourth-order valence-electron chi connectivity index (χ4n) is 1.27. The van der Waals surface area contributed by atoms with Gasteiger partial charge in [-0.2, -0.15) is 0 Å². The van der Waals surface area contributed by atoms with Crippen LogP contribution in [0.2, 0.25) is 5.02 Å². The monoisotopic (exact) mass is 287 g/mol. The average molecular weight is 289 g/mol. The quantitative estimate of drug-likeness (QED) is 0.380. The molecule has 0 saturated heterocycles. The van der Waals surface area contributed by atoms with E-state index in [4.69, 9.17) is 17.4 Å². The molecule has 15 heavy (non-hydrogen) atoms. The number of nitrogens with zero attached hydrogens (tertiary/aromatic N) is 1. The lowest BCUT2D eigenvalue weighted by Crippen LogP contribution is -2.31. The molecule has 1 saturated carbocycles. The number of hydrogen-bond acceptors (Lipinski definition) is 2. The lowest BCUT2D eigenvalue weighted by molar-refractivity contribution is 0.971. The minimum absolute atomic E-state index is 0.425. The van der Waals surface area contributed by atoms with E-state index in [1.54, 1.807) is 0 Å². The van der Waals surface area contributed by atoms with E-state index in [1.807, 2.05) is 18.2 Å². The van der Waals surface area contributed by atoms with Gasteiger partial charge in [-0.05, 0) is 31.0 Å². The highest BCUT2D eigenvalue weighted by Gasteiger charge is 2.21. The third-order valence-corrected chi connectivity index (χ3v) is 2.81. The summed E-state index contributed by atoms with van der Waals surface area (Å²) in [6, 6.07) is 6.03. The average Bonchev–Trinajstić information content (AvgIpc) is 2.96. The maximum absolute atomic E-state index is 5.95. The van der Waals surface area contributed by atoms with Gasteiger partial charge in [0.05, 0.1) is 6.04 Å². The number of halogens is 2. The normalized spacial score (nSPS) is 16.6. The highest BCUT2D eigenvalue weighted by atomic mass is 79.9. The van der Waals surface area contributed by atoms with Gasteiger partial charge >= 0.3 is 0 Å². The molecule has 0 aromatic heterocycles. The fraction of sp³-hybridized carbons (Fsp3) is 0.300. The number of rotatable bonds is 2. The molecule has 80 valence electrons. The minimum Gasteiger partial charge on any atom is -0.308 e. The van der Waals surface area contributed by atoms with Crippen LogP contribution < -0.4 is 11.3 Å². The van der Waals surface area contributed by atoms with E-state index >= 15 is 0 Å². The zero-order valence-electron chi connectivity index (χ0n) is 8.00. The molecular formula is C10H11BrClN3. The van der Waals surface area contributed by atoms with Crippen LogP contribution in [-0.4, -0.2) is 11.9 Å². The van der Waals surface area contributed by atoms with Gasteiger partial charge in [0.1, 0.15) is 5.84 Å². The first-order valence-corrected chi connectivity index (χ1v) is 5.87. The summed E-state index contributed by atoms with van der Waals surface area (Å²) < 4.78 is 0.920. The third-order valence-electron chi connectivity index (χ3n) is 2.13. The Kier molecular flexibility index (Phi) is 3.29. The van der Waals surface area contributed by atoms with Gasteiger partial charge in [0.25, 0.3) is 0 Å². The minimum atomic E-state index is 0.425. The van der Waals surface area contributed by atoms with E-state index in [0.717, 1.165) is 22.9 Å². The maximum atomic E-state index is 5.95. The lowest BCUT2D eigenvalue weighted by atomic mass is 10.2. The van der Waals surface area contributed by atoms with Crippen molar-refractivity contribution in [3.63, 3.8) is 0 Å². The third kappa shape index (κ3) is 2.93. The first-order chi connectivity index (χ1) is 7.19. The fourth-order valence-corrected chi connectivity index (χ4v) is 2.13. The molecular weight excluding hydrogens is 277 g/mol. The number of nitrogens with two attached hydrogens (primary N) is 1. The Labute approximate surface area is 102 Å². The summed E-state index contributed by atoms with van der Waals surface area (Å²) in [4.78, 5) is 4.46. The molecule has 3 nitrogen and oxygen atoms in total. The van der Waals surface area contributed by atoms with Crippen molar-refractivity contribution >= 4 is 33.4 Å². The van der Waals surface area contributed by atoms with E-state index < -0.39 is 0 Å². The van der Waals surface area contributed by atoms with Crippen molar-refractivity contribution in [3.05, 3.63) is 33.3 Å². The first-order valence-electron chi connectivity index (χ1n) is 4.70. The molecule has 1 fully saturated rings. The van der Waals surface area contributed by atoms with Gasteiger partial charge in [-0.15, -0.1) is 0 Å². The summed E-state index contributed by atoms with van der Waals surface area (Å²) >= 11 is 9.33. The van der Waals surface area contributed by atoms with E-state index in [1.165, 1.54) is 0 Å². The summed E-state index contributed by atoms with van der Waals surface area (Å²) in [5.74, 6) is 6.14. The molecule has 0 atom stereocenters. The molecule has 2 rings (SSSR count). The topological polar surface area (TPSA) is 50.4 Å². The predicted octanol–water partition coefficient (Wildman–Crippen LogP) is 2.47. The molecule has 1 aromatic rings. The lowest BCUT2D eigenvalue weighted by Gasteiger charge is -2.06. The highest BCUT2D eigenvalue weighted by molar-refractivity contribution is 9.10. The second-order valence-corrected chi connectivity index (χ2v) is 4.86. The van der Waals surface area contributed by atoms with Crippen LogP contribution in [0, 0.1) is 0 Å². The van der Waals surface area contributed by atoms with Gasteiger partial charge in [0.2, 0.25) is 0 Å². The van der Waals surface area contributed by atoms with Crippen molar-refractivity contribution in [2.45, 2.75) is 18.9 Å². The Morgan fingerprint density at radius 3 is 2.73 bits per heavy atom. The molecule has 0 radical (unpaired) electrons. The second kappa shape index (κ2) is 4.51. The Hall–Kier alpha value is -0.580. The molecule has 1 aliphatic rings. The molecule has 1 aliphatic carbocycles. The summed E-state index contributed by atoms with van der Waals surface area (Å²) in [5, 5.41) is 0.665. The molecule has 0 heterocycles. The predicted molar refractivity (Wildman–Crippen MR) is 66.0 cm³/mol. The number of amidine groups is 1. The van der Waals surface area contributed by atoms with E-state index in [-0.39, 0.29) is 0 Å². The van der Waals surface area contributed by atoms with Gasteiger partial charge in [-0.3, -0.25) is 4.99 Å². The van der Waals surface area contributed by atoms with Crippen LogP contribution in [0.5, 0.6) is 0 Å². The standard InChI is InChI=1S/C10H11BrClN3/c11-7-3-6(4-8(12)5-7)10(15-13)14-9-1-2-9/h3-5,9H,1-2,13H2,(H,14,15). The molecule has 0 aliphatic heterocycles. The van der Waals surface area contributed by atoms with Crippen molar-refractivity contribution in [3.8, 4) is 0 Å². The van der Waals surface area contributed by atoms with Crippen molar-refractivity contribution in [2.75, 3.05) is 0 Å². The zero-order chi connectivity index (χ0) is 10.8. The molecule has 0 bridgehead atoms. The van der Waals surface area contributed by atoms with Crippen molar-refractivity contribution < 1.29 is 0 Å². The Balaban J connectivity index is 2.32. The number of nitrogens with one attached hydrogen (secondary N) is 1. The van der Waals surface area contributed by atoms with Gasteiger partial charge in [-0.25, -0.2) is 5.84 Å². The second-order valence-electron chi connectivity index (χ2n) is 3.51. The van der Waals surface area contributed by atoms with Gasteiger partial charge in [-0.1, -0.05) is 27.5 Å². The van der Waals surface area contributed by atoms with Crippen molar-refractivity contribution in [1.82, 2.24) is 5.43 Å². The van der Waals surface area contributed by atoms with Crippen LogP contribution in [-0.2, 0) is 0 Å². The molecule has 1 aromatic carbocycles. The van der Waals surface area contributed by atoms with Crippen LogP contribution in [0.3, 0.4) is 0 Å². The van der Waals surface area contributed by atoms with E-state index in [9.17, 15) is 0 Å². The SMILES string of the molecule is NNC(=NC1CC1)c1cc(Cl)cc(Br)c1. The smallest absolute Gasteiger partial charge is 0.142 e. The first kappa shape index (κ1) is 10.9. The summed E-state index contributed by atoms with van der Waals surface area (Å²) in [5.41, 5.74) is 3.52. The Morgan fingerprint density at radius 1 is 1.47 bits per heavy atom. The molecule has 0 amide bonds. The molecule has 5 heteroatoms. The Morgan fingerprint density at radius 2 is 2.20 bits per heavy atom. The van der Waals surface area contributed by atoms with Gasteiger partial charge < -0.3 is 5.43 Å². The Bertz CT molecular complexity index is 381. The maximum Gasteiger partial charge on any atom is 0.142 e. The van der Waals surface area contributed by atoms with Crippen molar-refractivity contribution in [2.24, 2.45) is 10.8 Å². The van der Waals surface area contributed by atoms with Gasteiger partial charge in [0, 0.05) is 15.1 Å². The van der Waals surface area contributed by atoms with Crippen LogP contribution >= 0.6 is 27.5 Å². The molecule has 0 unspecified atom stereocenters. The van der Waals surface area contributed by atoms with E-state index in [0.29, 0.717) is 16.9 Å². The largest absolute Gasteiger partial charge is 0.308 e. The zero-order valence-corrected chi connectivity index (χ0v) is 10.3. The number of hydrogen-bond donors (Lipinski definition) is 2. The number of aliphatic imine (C=N–C) groups is 1. The van der Waals surface area contributed by atoms with Crippen LogP contribution in [0.4, 0.5) is 0 Å². The van der Waals surface area contributed by atoms with E-state index in [2.05, 4.69) is 26.3 Å². The summed E-state index contributed by atoms with van der Waals surface area (Å²) in [6.45, 7) is 0. The van der Waals surface area contributed by atoms with Crippen molar-refractivity contribution in [1.29, 1.82) is 0 Å². The summed E-state index contributed by atoms with van der Waals surface area (Å²) in [6.07, 6.45) is 2.29.